The number of hydrogen-bond donors (Lipinski definition) is 1. The predicted molar refractivity (Wildman–Crippen MR) is 45.2 cm³/mol. The molecule has 4 atom stereocenters. The van der Waals surface area contributed by atoms with E-state index in [-0.39, 0.29) is 6.10 Å². The standard InChI is InChI=1S/C10H18O/c1-2-10(11)9-6-7-3-4-8(9)5-7/h7-11H,2-6H2,1H3. The van der Waals surface area contributed by atoms with Crippen LogP contribution < -0.4 is 0 Å². The van der Waals surface area contributed by atoms with Gasteiger partial charge < -0.3 is 5.11 Å². The summed E-state index contributed by atoms with van der Waals surface area (Å²) in [7, 11) is 0. The first-order valence-electron chi connectivity index (χ1n) is 4.99. The van der Waals surface area contributed by atoms with E-state index in [1.807, 2.05) is 0 Å². The van der Waals surface area contributed by atoms with Gasteiger partial charge in [-0.15, -0.1) is 0 Å². The van der Waals surface area contributed by atoms with Crippen molar-refractivity contribution in [3.05, 3.63) is 0 Å². The molecule has 2 bridgehead atoms. The van der Waals surface area contributed by atoms with Gasteiger partial charge in [0.2, 0.25) is 0 Å². The lowest BCUT2D eigenvalue weighted by molar-refractivity contribution is 0.0717. The molecule has 0 spiro atoms. The number of rotatable bonds is 2. The van der Waals surface area contributed by atoms with Crippen molar-refractivity contribution in [2.24, 2.45) is 17.8 Å². The summed E-state index contributed by atoms with van der Waals surface area (Å²) in [6.07, 6.45) is 6.53. The largest absolute Gasteiger partial charge is 0.393 e. The van der Waals surface area contributed by atoms with Crippen LogP contribution in [-0.2, 0) is 0 Å². The zero-order chi connectivity index (χ0) is 7.84. The van der Waals surface area contributed by atoms with E-state index in [4.69, 9.17) is 0 Å². The minimum Gasteiger partial charge on any atom is -0.393 e. The molecule has 2 rings (SSSR count). The van der Waals surface area contributed by atoms with Crippen LogP contribution in [0, 0.1) is 17.8 Å². The van der Waals surface area contributed by atoms with Crippen LogP contribution in [0.2, 0.25) is 0 Å². The molecule has 0 saturated heterocycles. The third-order valence-corrected chi connectivity index (χ3v) is 3.71. The molecule has 0 amide bonds. The second-order valence-electron chi connectivity index (χ2n) is 4.31. The van der Waals surface area contributed by atoms with Crippen molar-refractivity contribution in [1.82, 2.24) is 0 Å². The summed E-state index contributed by atoms with van der Waals surface area (Å²) < 4.78 is 0. The molecule has 11 heavy (non-hydrogen) atoms. The molecular weight excluding hydrogens is 136 g/mol. The van der Waals surface area contributed by atoms with E-state index in [9.17, 15) is 5.11 Å². The monoisotopic (exact) mass is 154 g/mol. The molecule has 4 unspecified atom stereocenters. The van der Waals surface area contributed by atoms with E-state index in [1.54, 1.807) is 0 Å². The Morgan fingerprint density at radius 2 is 2.18 bits per heavy atom. The van der Waals surface area contributed by atoms with Crippen LogP contribution in [0.25, 0.3) is 0 Å². The highest BCUT2D eigenvalue weighted by molar-refractivity contribution is 4.92. The Morgan fingerprint density at radius 1 is 1.36 bits per heavy atom. The molecule has 64 valence electrons. The van der Waals surface area contributed by atoms with Crippen molar-refractivity contribution in [3.8, 4) is 0 Å². The van der Waals surface area contributed by atoms with Crippen molar-refractivity contribution in [1.29, 1.82) is 0 Å². The Hall–Kier alpha value is -0.0400. The summed E-state index contributed by atoms with van der Waals surface area (Å²) >= 11 is 0. The van der Waals surface area contributed by atoms with Crippen LogP contribution >= 0.6 is 0 Å². The van der Waals surface area contributed by atoms with E-state index >= 15 is 0 Å². The van der Waals surface area contributed by atoms with Gasteiger partial charge in [0, 0.05) is 0 Å². The molecule has 0 aromatic heterocycles. The van der Waals surface area contributed by atoms with E-state index < -0.39 is 0 Å². The molecule has 2 aliphatic rings. The molecule has 2 fully saturated rings. The molecule has 0 radical (unpaired) electrons. The molecule has 0 aromatic carbocycles. The van der Waals surface area contributed by atoms with Gasteiger partial charge in [0.05, 0.1) is 6.10 Å². The Morgan fingerprint density at radius 3 is 2.64 bits per heavy atom. The van der Waals surface area contributed by atoms with E-state index in [0.717, 1.165) is 18.3 Å². The number of fused-ring (bicyclic) bond motifs is 2. The van der Waals surface area contributed by atoms with Crippen LogP contribution in [0.4, 0.5) is 0 Å². The first-order valence-corrected chi connectivity index (χ1v) is 4.99. The lowest BCUT2D eigenvalue weighted by Gasteiger charge is -2.25. The van der Waals surface area contributed by atoms with E-state index in [2.05, 4.69) is 6.92 Å². The molecular formula is C10H18O. The molecule has 0 heterocycles. The maximum atomic E-state index is 9.68. The second-order valence-corrected chi connectivity index (χ2v) is 4.31. The summed E-state index contributed by atoms with van der Waals surface area (Å²) in [5, 5.41) is 9.68. The van der Waals surface area contributed by atoms with Gasteiger partial charge in [-0.1, -0.05) is 13.3 Å². The average Bonchev–Trinajstić information content (AvgIpc) is 2.62. The summed E-state index contributed by atoms with van der Waals surface area (Å²) in [6.45, 7) is 2.09. The Labute approximate surface area is 68.8 Å². The molecule has 1 N–H and O–H groups in total. The van der Waals surface area contributed by atoms with Gasteiger partial charge in [-0.2, -0.15) is 0 Å². The fraction of sp³-hybridized carbons (Fsp3) is 1.00. The highest BCUT2D eigenvalue weighted by atomic mass is 16.3. The van der Waals surface area contributed by atoms with Gasteiger partial charge >= 0.3 is 0 Å². The molecule has 0 aromatic rings. The van der Waals surface area contributed by atoms with Crippen LogP contribution in [0.5, 0.6) is 0 Å². The third-order valence-electron chi connectivity index (χ3n) is 3.71. The maximum absolute atomic E-state index is 9.68. The first-order chi connectivity index (χ1) is 5.31. The summed E-state index contributed by atoms with van der Waals surface area (Å²) in [5.74, 6) is 2.53. The SMILES string of the molecule is CCC(O)C1CC2CCC1C2. The van der Waals surface area contributed by atoms with Gasteiger partial charge in [-0.05, 0) is 43.4 Å². The number of aliphatic hydroxyl groups excluding tert-OH is 1. The van der Waals surface area contributed by atoms with Gasteiger partial charge in [-0.3, -0.25) is 0 Å². The van der Waals surface area contributed by atoms with Crippen molar-refractivity contribution in [2.45, 2.75) is 45.1 Å². The van der Waals surface area contributed by atoms with Gasteiger partial charge in [0.15, 0.2) is 0 Å². The normalized spacial score (nSPS) is 44.7. The summed E-state index contributed by atoms with van der Waals surface area (Å²) in [4.78, 5) is 0. The predicted octanol–water partition coefficient (Wildman–Crippen LogP) is 2.19. The first kappa shape index (κ1) is 7.60. The van der Waals surface area contributed by atoms with Crippen molar-refractivity contribution >= 4 is 0 Å². The lowest BCUT2D eigenvalue weighted by Crippen LogP contribution is -2.24. The Bertz CT molecular complexity index is 144. The zero-order valence-electron chi connectivity index (χ0n) is 7.29. The van der Waals surface area contributed by atoms with Crippen LogP contribution in [-0.4, -0.2) is 11.2 Å². The fourth-order valence-electron chi connectivity index (χ4n) is 3.07. The van der Waals surface area contributed by atoms with Crippen LogP contribution in [0.1, 0.15) is 39.0 Å². The minimum absolute atomic E-state index is 0.00491. The summed E-state index contributed by atoms with van der Waals surface area (Å²) in [5.41, 5.74) is 0. The highest BCUT2D eigenvalue weighted by Gasteiger charge is 2.41. The molecule has 2 aliphatic carbocycles. The van der Waals surface area contributed by atoms with Crippen molar-refractivity contribution < 1.29 is 5.11 Å². The number of aliphatic hydroxyl groups is 1. The third kappa shape index (κ3) is 1.20. The molecule has 0 aliphatic heterocycles. The van der Waals surface area contributed by atoms with Crippen LogP contribution in [0.15, 0.2) is 0 Å². The number of hydrogen-bond acceptors (Lipinski definition) is 1. The quantitative estimate of drug-likeness (QED) is 0.646. The van der Waals surface area contributed by atoms with E-state index in [0.29, 0.717) is 5.92 Å². The maximum Gasteiger partial charge on any atom is 0.0568 e. The molecule has 1 heteroatoms. The van der Waals surface area contributed by atoms with Crippen LogP contribution in [0.3, 0.4) is 0 Å². The van der Waals surface area contributed by atoms with E-state index in [1.165, 1.54) is 25.7 Å². The Balaban J connectivity index is 1.96. The topological polar surface area (TPSA) is 20.2 Å². The van der Waals surface area contributed by atoms with Gasteiger partial charge in [-0.25, -0.2) is 0 Å². The van der Waals surface area contributed by atoms with Crippen molar-refractivity contribution in [3.63, 3.8) is 0 Å². The molecule has 2 saturated carbocycles. The zero-order valence-corrected chi connectivity index (χ0v) is 7.29. The minimum atomic E-state index is 0.00491. The van der Waals surface area contributed by atoms with Gasteiger partial charge in [0.25, 0.3) is 0 Å². The smallest absolute Gasteiger partial charge is 0.0568 e. The lowest BCUT2D eigenvalue weighted by atomic mass is 9.84. The highest BCUT2D eigenvalue weighted by Crippen LogP contribution is 2.49. The van der Waals surface area contributed by atoms with Crippen molar-refractivity contribution in [2.75, 3.05) is 0 Å². The molecule has 1 nitrogen and oxygen atoms in total. The van der Waals surface area contributed by atoms with Gasteiger partial charge in [0.1, 0.15) is 0 Å². The Kier molecular flexibility index (Phi) is 1.92. The summed E-state index contributed by atoms with van der Waals surface area (Å²) in [6, 6.07) is 0. The fourth-order valence-corrected chi connectivity index (χ4v) is 3.07. The second kappa shape index (κ2) is 2.78. The average molecular weight is 154 g/mol.